The van der Waals surface area contributed by atoms with Gasteiger partial charge < -0.3 is 14.6 Å². The van der Waals surface area contributed by atoms with Crippen LogP contribution in [0, 0.1) is 29.1 Å². The minimum absolute atomic E-state index is 0.00889. The van der Waals surface area contributed by atoms with Crippen molar-refractivity contribution in [3.05, 3.63) is 15.8 Å². The quantitative estimate of drug-likeness (QED) is 0.404. The fraction of sp³-hybridized carbons (Fsp3) is 0.667. The van der Waals surface area contributed by atoms with E-state index >= 15 is 0 Å². The molecule has 4 rings (SSSR count). The average molecular weight is 560 g/mol. The second-order valence-corrected chi connectivity index (χ2v) is 14.3. The number of nitrogens with zero attached hydrogens (tertiary/aromatic N) is 5. The SMILES string of the molecule is CC1CCC(C(=O)N(c2cc(C#CC(C)(C)C)sc2C(=O)O)C2CCC([S@@+]([O-])c3nnnn3C)CC2)CC1. The number of carboxylic acids is 1. The van der Waals surface area contributed by atoms with Gasteiger partial charge in [-0.1, -0.05) is 23.9 Å². The summed E-state index contributed by atoms with van der Waals surface area (Å²) in [4.78, 5) is 29.0. The van der Waals surface area contributed by atoms with Crippen LogP contribution in [0.15, 0.2) is 11.2 Å². The van der Waals surface area contributed by atoms with Gasteiger partial charge in [0.15, 0.2) is 0 Å². The van der Waals surface area contributed by atoms with Crippen LogP contribution in [0.4, 0.5) is 5.69 Å². The summed E-state index contributed by atoms with van der Waals surface area (Å²) in [5.74, 6) is 5.76. The fourth-order valence-electron chi connectivity index (χ4n) is 5.28. The summed E-state index contributed by atoms with van der Waals surface area (Å²) < 4.78 is 14.6. The molecule has 2 aromatic heterocycles. The second kappa shape index (κ2) is 11.8. The summed E-state index contributed by atoms with van der Waals surface area (Å²) in [5.41, 5.74) is 0.222. The Labute approximate surface area is 231 Å². The lowest BCUT2D eigenvalue weighted by Crippen LogP contribution is -2.47. The van der Waals surface area contributed by atoms with Gasteiger partial charge in [-0.15, -0.1) is 11.3 Å². The molecule has 0 unspecified atom stereocenters. The minimum Gasteiger partial charge on any atom is -0.609 e. The number of carbonyl (C=O) groups is 2. The molecule has 0 saturated heterocycles. The van der Waals surface area contributed by atoms with E-state index in [1.807, 2.05) is 20.8 Å². The molecule has 2 aromatic rings. The van der Waals surface area contributed by atoms with Gasteiger partial charge in [0, 0.05) is 35.6 Å². The van der Waals surface area contributed by atoms with E-state index in [0.717, 1.165) is 37.0 Å². The highest BCUT2D eigenvalue weighted by atomic mass is 32.2. The number of aromatic carboxylic acids is 1. The zero-order valence-electron chi connectivity index (χ0n) is 22.8. The van der Waals surface area contributed by atoms with Gasteiger partial charge in [0.25, 0.3) is 0 Å². The van der Waals surface area contributed by atoms with E-state index in [0.29, 0.717) is 47.3 Å². The van der Waals surface area contributed by atoms with Gasteiger partial charge in [-0.05, 0) is 94.5 Å². The highest BCUT2D eigenvalue weighted by Crippen LogP contribution is 2.40. The zero-order chi connectivity index (χ0) is 27.6. The Kier molecular flexibility index (Phi) is 8.85. The van der Waals surface area contributed by atoms with Crippen molar-refractivity contribution in [3.63, 3.8) is 0 Å². The maximum absolute atomic E-state index is 14.1. The van der Waals surface area contributed by atoms with Crippen LogP contribution in [0.3, 0.4) is 0 Å². The third-order valence-corrected chi connectivity index (χ3v) is 10.2. The van der Waals surface area contributed by atoms with Crippen LogP contribution in [0.25, 0.3) is 0 Å². The number of tetrazole rings is 1. The zero-order valence-corrected chi connectivity index (χ0v) is 24.4. The Balaban J connectivity index is 1.63. The monoisotopic (exact) mass is 559 g/mol. The Hall–Kier alpha value is -2.42. The predicted molar refractivity (Wildman–Crippen MR) is 147 cm³/mol. The predicted octanol–water partition coefficient (Wildman–Crippen LogP) is 4.65. The highest BCUT2D eigenvalue weighted by molar-refractivity contribution is 7.91. The number of rotatable bonds is 6. The van der Waals surface area contributed by atoms with Gasteiger partial charge in [-0.2, -0.15) is 4.68 Å². The Morgan fingerprint density at radius 1 is 1.16 bits per heavy atom. The third kappa shape index (κ3) is 6.58. The van der Waals surface area contributed by atoms with Crippen molar-refractivity contribution in [2.45, 2.75) is 95.5 Å². The first kappa shape index (κ1) is 28.6. The van der Waals surface area contributed by atoms with E-state index in [1.54, 1.807) is 18.0 Å². The van der Waals surface area contributed by atoms with Crippen molar-refractivity contribution in [1.82, 2.24) is 20.2 Å². The molecule has 1 amide bonds. The maximum atomic E-state index is 14.1. The van der Waals surface area contributed by atoms with E-state index in [9.17, 15) is 19.2 Å². The molecule has 206 valence electrons. The molecule has 0 bridgehead atoms. The summed E-state index contributed by atoms with van der Waals surface area (Å²) in [5, 5.41) is 21.7. The maximum Gasteiger partial charge on any atom is 0.361 e. The van der Waals surface area contributed by atoms with Crippen LogP contribution in [-0.4, -0.2) is 53.0 Å². The van der Waals surface area contributed by atoms with Crippen molar-refractivity contribution in [3.8, 4) is 11.8 Å². The molecule has 11 heteroatoms. The molecule has 0 spiro atoms. The Bertz CT molecular complexity index is 1210. The van der Waals surface area contributed by atoms with E-state index in [1.165, 1.54) is 4.68 Å². The van der Waals surface area contributed by atoms with Crippen molar-refractivity contribution in [2.24, 2.45) is 24.3 Å². The smallest absolute Gasteiger partial charge is 0.361 e. The van der Waals surface area contributed by atoms with Crippen molar-refractivity contribution < 1.29 is 19.2 Å². The van der Waals surface area contributed by atoms with Crippen molar-refractivity contribution in [2.75, 3.05) is 4.90 Å². The lowest BCUT2D eigenvalue weighted by Gasteiger charge is -2.39. The molecule has 2 saturated carbocycles. The number of hydrogen-bond donors (Lipinski definition) is 1. The topological polar surface area (TPSA) is 124 Å². The lowest BCUT2D eigenvalue weighted by molar-refractivity contribution is -0.124. The number of aromatic nitrogens is 4. The largest absolute Gasteiger partial charge is 0.609 e. The van der Waals surface area contributed by atoms with E-state index in [4.69, 9.17) is 0 Å². The van der Waals surface area contributed by atoms with Gasteiger partial charge in [0.1, 0.15) is 10.1 Å². The fourth-order valence-corrected chi connectivity index (χ4v) is 7.54. The lowest BCUT2D eigenvalue weighted by atomic mass is 9.81. The molecule has 38 heavy (non-hydrogen) atoms. The number of anilines is 1. The van der Waals surface area contributed by atoms with Crippen molar-refractivity contribution >= 4 is 40.1 Å². The summed E-state index contributed by atoms with van der Waals surface area (Å²) in [6.45, 7) is 8.23. The molecule has 9 nitrogen and oxygen atoms in total. The third-order valence-electron chi connectivity index (χ3n) is 7.40. The van der Waals surface area contributed by atoms with Crippen molar-refractivity contribution in [1.29, 1.82) is 0 Å². The van der Waals surface area contributed by atoms with Gasteiger partial charge >= 0.3 is 11.1 Å². The number of aryl methyl sites for hydroxylation is 1. The van der Waals surface area contributed by atoms with Gasteiger partial charge in [-0.3, -0.25) is 4.79 Å². The molecular formula is C27H37N5O4S2. The highest BCUT2D eigenvalue weighted by Gasteiger charge is 2.40. The number of carbonyl (C=O) groups excluding carboxylic acids is 1. The standard InChI is InChI=1S/C27H37N5O4S2/c1-17-6-8-18(9-7-17)24(33)32(22-16-20(14-15-27(2,3)4)37-23(22)25(34)35)19-10-12-21(13-11-19)38(36)26-28-29-30-31(26)5/h16-19,21H,6-13H2,1-5H3,(H,34,35)/t17?,18?,19?,21?,38-/m1/s1. The van der Waals surface area contributed by atoms with Crippen LogP contribution in [-0.2, 0) is 23.0 Å². The normalized spacial score (nSPS) is 24.8. The van der Waals surface area contributed by atoms with E-state index in [-0.39, 0.29) is 33.4 Å². The van der Waals surface area contributed by atoms with Gasteiger partial charge in [0.2, 0.25) is 5.91 Å². The number of carboxylic acid groups (broad SMARTS) is 1. The summed E-state index contributed by atoms with van der Waals surface area (Å²) in [6, 6.07) is 1.62. The summed E-state index contributed by atoms with van der Waals surface area (Å²) in [7, 11) is 1.68. The van der Waals surface area contributed by atoms with Crippen LogP contribution in [0.1, 0.15) is 93.6 Å². The Morgan fingerprint density at radius 3 is 2.37 bits per heavy atom. The Morgan fingerprint density at radius 2 is 1.82 bits per heavy atom. The first-order valence-electron chi connectivity index (χ1n) is 13.3. The molecule has 2 aliphatic carbocycles. The molecule has 2 heterocycles. The first-order valence-corrected chi connectivity index (χ1v) is 15.3. The number of hydrogen-bond acceptors (Lipinski definition) is 7. The number of thiophene rings is 1. The molecule has 0 aromatic carbocycles. The first-order chi connectivity index (χ1) is 17.9. The van der Waals surface area contributed by atoms with E-state index in [2.05, 4.69) is 34.3 Å². The van der Waals surface area contributed by atoms with Gasteiger partial charge in [-0.25, -0.2) is 4.79 Å². The van der Waals surface area contributed by atoms with Crippen LogP contribution in [0.2, 0.25) is 0 Å². The second-order valence-electron chi connectivity index (χ2n) is 11.6. The number of amides is 1. The van der Waals surface area contributed by atoms with Gasteiger partial charge in [0.05, 0.1) is 10.6 Å². The molecule has 0 aliphatic heterocycles. The molecule has 1 atom stereocenters. The molecular weight excluding hydrogens is 522 g/mol. The minimum atomic E-state index is -1.35. The molecule has 2 aliphatic rings. The van der Waals surface area contributed by atoms with Crippen LogP contribution >= 0.6 is 11.3 Å². The summed E-state index contributed by atoms with van der Waals surface area (Å²) in [6.07, 6.45) is 6.18. The summed E-state index contributed by atoms with van der Waals surface area (Å²) >= 11 is -0.218. The average Bonchev–Trinajstić information content (AvgIpc) is 3.49. The molecule has 2 fully saturated rings. The van der Waals surface area contributed by atoms with Crippen LogP contribution in [0.5, 0.6) is 0 Å². The van der Waals surface area contributed by atoms with E-state index < -0.39 is 17.1 Å². The molecule has 0 radical (unpaired) electrons. The molecule has 1 N–H and O–H groups in total. The van der Waals surface area contributed by atoms with Crippen LogP contribution < -0.4 is 4.90 Å².